The monoisotopic (exact) mass is 577 g/mol. The van der Waals surface area contributed by atoms with E-state index in [0.29, 0.717) is 0 Å². The van der Waals surface area contributed by atoms with Gasteiger partial charge in [0.25, 0.3) is 10.0 Å². The predicted molar refractivity (Wildman–Crippen MR) is 67.6 cm³/mol. The van der Waals surface area contributed by atoms with E-state index in [2.05, 4.69) is 0 Å². The molecule has 0 radical (unpaired) electrons. The molecular formula is C9H4F17NO4S2. The minimum absolute atomic E-state index is 0.445. The lowest BCUT2D eigenvalue weighted by molar-refractivity contribution is -0.458. The zero-order valence-electron chi connectivity index (χ0n) is 14.4. The second-order valence-corrected chi connectivity index (χ2v) is 9.55. The number of hydrogen-bond donors (Lipinski definition) is 1. The zero-order chi connectivity index (χ0) is 27.7. The zero-order valence-corrected chi connectivity index (χ0v) is 16.0. The van der Waals surface area contributed by atoms with Gasteiger partial charge in [-0.3, -0.25) is 0 Å². The van der Waals surface area contributed by atoms with Crippen LogP contribution in [0.5, 0.6) is 0 Å². The molecular weight excluding hydrogens is 573 g/mol. The van der Waals surface area contributed by atoms with E-state index in [4.69, 9.17) is 0 Å². The Kier molecular flexibility index (Phi) is 7.28. The minimum atomic E-state index is -8.98. The van der Waals surface area contributed by atoms with Gasteiger partial charge in [0.2, 0.25) is 10.0 Å². The van der Waals surface area contributed by atoms with Crippen LogP contribution < -0.4 is 4.13 Å². The minimum Gasteiger partial charge on any atom is -0.212 e. The molecule has 0 aromatic heterocycles. The average Bonchev–Trinajstić information content (AvgIpc) is 2.49. The fraction of sp³-hybridized carbons (Fsp3) is 1.00. The first-order valence-electron chi connectivity index (χ1n) is 6.65. The summed E-state index contributed by atoms with van der Waals surface area (Å²) in [5.74, 6) is -52.5. The Morgan fingerprint density at radius 2 is 0.697 bits per heavy atom. The molecule has 0 saturated heterocycles. The molecule has 0 aliphatic heterocycles. The van der Waals surface area contributed by atoms with Gasteiger partial charge in [-0.25, -0.2) is 16.8 Å². The first-order valence-corrected chi connectivity index (χ1v) is 10.0. The fourth-order valence-electron chi connectivity index (χ4n) is 1.57. The third kappa shape index (κ3) is 4.29. The van der Waals surface area contributed by atoms with Crippen molar-refractivity contribution in [2.24, 2.45) is 0 Å². The van der Waals surface area contributed by atoms with Crippen LogP contribution >= 0.6 is 0 Å². The van der Waals surface area contributed by atoms with Crippen LogP contribution in [0.3, 0.4) is 0 Å². The normalized spacial score (nSPS) is 16.8. The highest BCUT2D eigenvalue weighted by molar-refractivity contribution is 8.04. The van der Waals surface area contributed by atoms with Crippen molar-refractivity contribution >= 4 is 20.0 Å². The average molecular weight is 577 g/mol. The van der Waals surface area contributed by atoms with Crippen LogP contribution in [-0.4, -0.2) is 70.1 Å². The van der Waals surface area contributed by atoms with Gasteiger partial charge in [0.05, 0.1) is 6.26 Å². The molecule has 0 aliphatic rings. The van der Waals surface area contributed by atoms with Crippen LogP contribution in [0, 0.1) is 0 Å². The standard InChI is InChI=1S/C9H4F17NO4S2/c1-32(28,29)27-33(30,31)9(25,26)7(20,21)5(16,17)3(12,13)2(10,11)4(14,15)6(18,19)8(22,23)24/h27H,1H3. The summed E-state index contributed by atoms with van der Waals surface area (Å²) in [7, 11) is -13.5. The molecule has 0 amide bonds. The molecule has 0 rings (SSSR count). The molecule has 200 valence electrons. The smallest absolute Gasteiger partial charge is 0.212 e. The fourth-order valence-corrected chi connectivity index (χ4v) is 4.05. The second-order valence-electron chi connectivity index (χ2n) is 5.82. The van der Waals surface area contributed by atoms with E-state index in [9.17, 15) is 91.5 Å². The number of alkyl halides is 17. The Balaban J connectivity index is 7.02. The van der Waals surface area contributed by atoms with Crippen molar-refractivity contribution in [2.45, 2.75) is 47.0 Å². The second kappa shape index (κ2) is 7.58. The Hall–Kier alpha value is -1.33. The molecule has 5 nitrogen and oxygen atoms in total. The van der Waals surface area contributed by atoms with Gasteiger partial charge in [-0.15, -0.1) is 4.13 Å². The molecule has 0 fully saturated rings. The van der Waals surface area contributed by atoms with Crippen LogP contribution in [-0.2, 0) is 20.0 Å². The van der Waals surface area contributed by atoms with E-state index >= 15 is 0 Å². The van der Waals surface area contributed by atoms with E-state index in [1.54, 1.807) is 0 Å². The highest BCUT2D eigenvalue weighted by Crippen LogP contribution is 2.64. The highest BCUT2D eigenvalue weighted by atomic mass is 32.3. The first kappa shape index (κ1) is 31.7. The number of hydrogen-bond acceptors (Lipinski definition) is 4. The highest BCUT2D eigenvalue weighted by Gasteiger charge is 2.96. The van der Waals surface area contributed by atoms with Crippen molar-refractivity contribution in [3.63, 3.8) is 0 Å². The summed E-state index contributed by atoms with van der Waals surface area (Å²) in [6.45, 7) is 0. The molecule has 24 heteroatoms. The van der Waals surface area contributed by atoms with Crippen LogP contribution in [0.4, 0.5) is 74.6 Å². The van der Waals surface area contributed by atoms with Gasteiger partial charge < -0.3 is 0 Å². The summed E-state index contributed by atoms with van der Waals surface area (Å²) >= 11 is 0. The molecule has 0 aromatic rings. The molecule has 33 heavy (non-hydrogen) atoms. The summed E-state index contributed by atoms with van der Waals surface area (Å²) < 4.78 is 263. The number of sulfonamides is 2. The molecule has 0 unspecified atom stereocenters. The van der Waals surface area contributed by atoms with Crippen molar-refractivity contribution in [3.05, 3.63) is 0 Å². The van der Waals surface area contributed by atoms with Crippen molar-refractivity contribution in [1.29, 1.82) is 0 Å². The summed E-state index contributed by atoms with van der Waals surface area (Å²) in [6.07, 6.45) is -8.38. The molecule has 0 aliphatic carbocycles. The van der Waals surface area contributed by atoms with Crippen molar-refractivity contribution in [3.8, 4) is 0 Å². The maximum Gasteiger partial charge on any atom is 0.460 e. The van der Waals surface area contributed by atoms with E-state index in [0.717, 1.165) is 0 Å². The van der Waals surface area contributed by atoms with Crippen molar-refractivity contribution < 1.29 is 91.5 Å². The van der Waals surface area contributed by atoms with Crippen LogP contribution in [0.15, 0.2) is 0 Å². The largest absolute Gasteiger partial charge is 0.460 e. The Labute approximate surface area is 170 Å². The quantitative estimate of drug-likeness (QED) is 0.423. The summed E-state index contributed by atoms with van der Waals surface area (Å²) in [6, 6.07) is 0. The van der Waals surface area contributed by atoms with Gasteiger partial charge >= 0.3 is 47.0 Å². The summed E-state index contributed by atoms with van der Waals surface area (Å²) in [5.41, 5.74) is 0. The van der Waals surface area contributed by atoms with E-state index in [1.807, 2.05) is 0 Å². The lowest BCUT2D eigenvalue weighted by atomic mass is 9.91. The number of nitrogens with one attached hydrogen (secondary N) is 1. The lowest BCUT2D eigenvalue weighted by Crippen LogP contribution is -2.75. The molecule has 0 heterocycles. The van der Waals surface area contributed by atoms with Gasteiger partial charge in [0.1, 0.15) is 0 Å². The maximum atomic E-state index is 13.4. The predicted octanol–water partition coefficient (Wildman–Crippen LogP) is 3.83. The van der Waals surface area contributed by atoms with Gasteiger partial charge in [-0.2, -0.15) is 74.6 Å². The lowest BCUT2D eigenvalue weighted by Gasteiger charge is -2.42. The molecule has 0 aromatic carbocycles. The Morgan fingerprint density at radius 1 is 0.455 bits per heavy atom. The third-order valence-corrected chi connectivity index (χ3v) is 6.31. The van der Waals surface area contributed by atoms with Gasteiger partial charge in [-0.1, -0.05) is 0 Å². The molecule has 1 N–H and O–H groups in total. The first-order chi connectivity index (χ1) is 13.7. The van der Waals surface area contributed by atoms with Gasteiger partial charge in [0, 0.05) is 0 Å². The topological polar surface area (TPSA) is 80.3 Å². The van der Waals surface area contributed by atoms with Gasteiger partial charge in [-0.05, 0) is 0 Å². The Morgan fingerprint density at radius 3 is 0.939 bits per heavy atom. The molecule has 0 bridgehead atoms. The van der Waals surface area contributed by atoms with E-state index < -0.39 is 77.4 Å². The third-order valence-electron chi connectivity index (χ3n) is 3.29. The molecule has 0 saturated carbocycles. The SMILES string of the molecule is CS(=O)(=O)NS(=O)(=O)C(F)(F)C(F)(F)C(F)(F)C(F)(F)C(F)(F)C(F)(F)C(F)(F)C(F)(F)F. The van der Waals surface area contributed by atoms with Crippen molar-refractivity contribution in [2.75, 3.05) is 6.26 Å². The number of halogens is 17. The molecule has 0 atom stereocenters. The van der Waals surface area contributed by atoms with Crippen LogP contribution in [0.1, 0.15) is 0 Å². The molecule has 0 spiro atoms. The number of rotatable bonds is 9. The van der Waals surface area contributed by atoms with Crippen molar-refractivity contribution in [1.82, 2.24) is 4.13 Å². The van der Waals surface area contributed by atoms with Crippen LogP contribution in [0.25, 0.3) is 0 Å². The van der Waals surface area contributed by atoms with Gasteiger partial charge in [0.15, 0.2) is 0 Å². The summed E-state index contributed by atoms with van der Waals surface area (Å²) in [4.78, 5) is 0. The van der Waals surface area contributed by atoms with E-state index in [1.165, 1.54) is 0 Å². The summed E-state index contributed by atoms with van der Waals surface area (Å²) in [5, 5.41) is -7.92. The maximum absolute atomic E-state index is 13.4. The van der Waals surface area contributed by atoms with Crippen LogP contribution in [0.2, 0.25) is 0 Å². The van der Waals surface area contributed by atoms with E-state index in [-0.39, 0.29) is 0 Å². The Bertz CT molecular complexity index is 965.